The number of likely N-dealkylation sites (N-methyl/N-ethyl adjacent to an activating group) is 2. The number of piperazine rings is 2. The van der Waals surface area contributed by atoms with Crippen molar-refractivity contribution in [1.29, 1.82) is 0 Å². The molecule has 0 spiro atoms. The van der Waals surface area contributed by atoms with E-state index in [0.29, 0.717) is 25.6 Å². The summed E-state index contributed by atoms with van der Waals surface area (Å²) in [7, 11) is 3.95. The summed E-state index contributed by atoms with van der Waals surface area (Å²) in [6.07, 6.45) is 2.65. The number of carbonyl (C=O) groups excluding carboxylic acids is 3. The lowest BCUT2D eigenvalue weighted by atomic mass is 10.1. The Hall–Kier alpha value is -1.71. The van der Waals surface area contributed by atoms with Crippen LogP contribution in [0, 0.1) is 0 Å². The van der Waals surface area contributed by atoms with Crippen LogP contribution < -0.4 is 5.32 Å². The summed E-state index contributed by atoms with van der Waals surface area (Å²) in [5.74, 6) is -0.0850. The van der Waals surface area contributed by atoms with Gasteiger partial charge in [0.25, 0.3) is 0 Å². The number of ether oxygens (including phenoxy) is 1. The fourth-order valence-electron chi connectivity index (χ4n) is 3.74. The number of amides is 2. The van der Waals surface area contributed by atoms with Crippen molar-refractivity contribution in [3.63, 3.8) is 0 Å². The molecule has 1 atom stereocenters. The lowest BCUT2D eigenvalue weighted by Gasteiger charge is -2.33. The van der Waals surface area contributed by atoms with Crippen LogP contribution in [0.25, 0.3) is 0 Å². The summed E-state index contributed by atoms with van der Waals surface area (Å²) in [5.41, 5.74) is 0. The zero-order valence-corrected chi connectivity index (χ0v) is 18.2. The van der Waals surface area contributed by atoms with Crippen molar-refractivity contribution in [2.45, 2.75) is 32.2 Å². The third kappa shape index (κ3) is 7.91. The van der Waals surface area contributed by atoms with Crippen LogP contribution in [0.5, 0.6) is 0 Å². The zero-order valence-electron chi connectivity index (χ0n) is 18.2. The molecule has 1 unspecified atom stereocenters. The minimum absolute atomic E-state index is 0.0909. The highest BCUT2D eigenvalue weighted by molar-refractivity contribution is 5.87. The van der Waals surface area contributed by atoms with Crippen molar-refractivity contribution < 1.29 is 19.1 Å². The summed E-state index contributed by atoms with van der Waals surface area (Å²) in [4.78, 5) is 42.9. The lowest BCUT2D eigenvalue weighted by Crippen LogP contribution is -2.54. The van der Waals surface area contributed by atoms with Crippen molar-refractivity contribution in [2.75, 3.05) is 79.6 Å². The van der Waals surface area contributed by atoms with Crippen LogP contribution in [0.15, 0.2) is 0 Å². The van der Waals surface area contributed by atoms with E-state index in [4.69, 9.17) is 4.74 Å². The topological polar surface area (TPSA) is 85.4 Å². The second-order valence-corrected chi connectivity index (χ2v) is 7.96. The van der Waals surface area contributed by atoms with Crippen molar-refractivity contribution in [2.24, 2.45) is 0 Å². The Morgan fingerprint density at radius 2 is 1.69 bits per heavy atom. The Kier molecular flexibility index (Phi) is 9.83. The van der Waals surface area contributed by atoms with Gasteiger partial charge in [-0.15, -0.1) is 0 Å². The normalized spacial score (nSPS) is 23.9. The maximum atomic E-state index is 11.9. The van der Waals surface area contributed by atoms with Gasteiger partial charge in [0.15, 0.2) is 0 Å². The summed E-state index contributed by atoms with van der Waals surface area (Å²) in [6.45, 7) is 10.2. The van der Waals surface area contributed by atoms with Gasteiger partial charge in [0.2, 0.25) is 11.8 Å². The molecule has 9 heteroatoms. The van der Waals surface area contributed by atoms with Gasteiger partial charge in [-0.25, -0.2) is 0 Å². The van der Waals surface area contributed by atoms with Gasteiger partial charge in [-0.2, -0.15) is 0 Å². The fourth-order valence-corrected chi connectivity index (χ4v) is 3.74. The molecule has 0 saturated carbocycles. The minimum Gasteiger partial charge on any atom is -0.466 e. The van der Waals surface area contributed by atoms with Crippen molar-refractivity contribution >= 4 is 17.8 Å². The van der Waals surface area contributed by atoms with Gasteiger partial charge in [0.1, 0.15) is 0 Å². The predicted octanol–water partition coefficient (Wildman–Crippen LogP) is -0.774. The van der Waals surface area contributed by atoms with Crippen molar-refractivity contribution in [3.8, 4) is 0 Å². The van der Waals surface area contributed by atoms with Gasteiger partial charge in [0, 0.05) is 39.3 Å². The number of likely N-dealkylation sites (tertiary alicyclic amines) is 1. The summed E-state index contributed by atoms with van der Waals surface area (Å²) < 4.78 is 4.80. The van der Waals surface area contributed by atoms with Crippen LogP contribution in [0.2, 0.25) is 0 Å². The van der Waals surface area contributed by atoms with Crippen LogP contribution in [-0.4, -0.2) is 123 Å². The number of hydrogen-bond acceptors (Lipinski definition) is 7. The molecule has 9 nitrogen and oxygen atoms in total. The van der Waals surface area contributed by atoms with Crippen molar-refractivity contribution in [3.05, 3.63) is 0 Å². The molecular formula is C20H37N5O4. The Labute approximate surface area is 174 Å². The van der Waals surface area contributed by atoms with Crippen LogP contribution >= 0.6 is 0 Å². The predicted molar refractivity (Wildman–Crippen MR) is 110 cm³/mol. The number of hydrogen-bond donors (Lipinski definition) is 1. The molecule has 0 bridgehead atoms. The lowest BCUT2D eigenvalue weighted by molar-refractivity contribution is -0.147. The van der Waals surface area contributed by atoms with Crippen LogP contribution in [0.3, 0.4) is 0 Å². The number of esters is 1. The third-order valence-corrected chi connectivity index (χ3v) is 5.68. The first-order valence-electron chi connectivity index (χ1n) is 10.7. The molecule has 0 aromatic carbocycles. The standard InChI is InChI=1S/C11H21N3O.C9H16N2O3/c1-12-6-8-14(9-7-12)11(15)10-13-4-2-3-5-13;1-3-14-8(12)6-7-9(13)10-4-5-11(7)2/h2-10H2,1H3;7H,3-6H2,1-2H3,(H,10,13). The Morgan fingerprint density at radius 3 is 2.28 bits per heavy atom. The minimum atomic E-state index is -0.372. The summed E-state index contributed by atoms with van der Waals surface area (Å²) >= 11 is 0. The Balaban J connectivity index is 0.000000208. The van der Waals surface area contributed by atoms with Gasteiger partial charge in [-0.1, -0.05) is 0 Å². The van der Waals surface area contributed by atoms with Crippen LogP contribution in [0.4, 0.5) is 0 Å². The second kappa shape index (κ2) is 12.1. The SMILES string of the molecule is CCOC(=O)CC1C(=O)NCCN1C.CN1CCN(C(=O)CN2CCCC2)CC1. The van der Waals surface area contributed by atoms with Gasteiger partial charge in [-0.05, 0) is 47.0 Å². The summed E-state index contributed by atoms with van der Waals surface area (Å²) in [5, 5.41) is 2.72. The largest absolute Gasteiger partial charge is 0.466 e. The molecular weight excluding hydrogens is 374 g/mol. The average Bonchev–Trinajstić information content (AvgIpc) is 3.19. The molecule has 0 aliphatic carbocycles. The smallest absolute Gasteiger partial charge is 0.307 e. The van der Waals surface area contributed by atoms with E-state index < -0.39 is 0 Å². The van der Waals surface area contributed by atoms with E-state index >= 15 is 0 Å². The first-order chi connectivity index (χ1) is 13.9. The van der Waals surface area contributed by atoms with E-state index in [1.54, 1.807) is 6.92 Å². The molecule has 3 heterocycles. The maximum Gasteiger partial charge on any atom is 0.307 e. The van der Waals surface area contributed by atoms with E-state index in [0.717, 1.165) is 45.8 Å². The van der Waals surface area contributed by atoms with E-state index in [-0.39, 0.29) is 24.3 Å². The van der Waals surface area contributed by atoms with Crippen LogP contribution in [0.1, 0.15) is 26.2 Å². The molecule has 166 valence electrons. The molecule has 0 aromatic heterocycles. The Morgan fingerprint density at radius 1 is 1.03 bits per heavy atom. The summed E-state index contributed by atoms with van der Waals surface area (Å²) in [6, 6.07) is -0.372. The second-order valence-electron chi connectivity index (χ2n) is 7.96. The molecule has 3 aliphatic heterocycles. The van der Waals surface area contributed by atoms with Gasteiger partial charge < -0.3 is 19.9 Å². The zero-order chi connectivity index (χ0) is 21.2. The monoisotopic (exact) mass is 411 g/mol. The molecule has 3 saturated heterocycles. The number of nitrogens with one attached hydrogen (secondary N) is 1. The van der Waals surface area contributed by atoms with E-state index in [1.165, 1.54) is 12.8 Å². The number of rotatable bonds is 5. The van der Waals surface area contributed by atoms with Gasteiger partial charge >= 0.3 is 5.97 Å². The van der Waals surface area contributed by atoms with Gasteiger partial charge in [-0.3, -0.25) is 24.2 Å². The maximum absolute atomic E-state index is 11.9. The molecule has 3 rings (SSSR count). The number of nitrogens with zero attached hydrogens (tertiary/aromatic N) is 4. The van der Waals surface area contributed by atoms with E-state index in [2.05, 4.69) is 22.2 Å². The highest BCUT2D eigenvalue weighted by atomic mass is 16.5. The van der Waals surface area contributed by atoms with Gasteiger partial charge in [0.05, 0.1) is 25.6 Å². The highest BCUT2D eigenvalue weighted by Crippen LogP contribution is 2.09. The quantitative estimate of drug-likeness (QED) is 0.595. The highest BCUT2D eigenvalue weighted by Gasteiger charge is 2.29. The van der Waals surface area contributed by atoms with E-state index in [1.807, 2.05) is 16.8 Å². The molecule has 1 N–H and O–H groups in total. The molecule has 29 heavy (non-hydrogen) atoms. The average molecular weight is 412 g/mol. The van der Waals surface area contributed by atoms with Crippen molar-refractivity contribution in [1.82, 2.24) is 24.9 Å². The van der Waals surface area contributed by atoms with E-state index in [9.17, 15) is 14.4 Å². The molecule has 3 aliphatic rings. The first kappa shape index (κ1) is 23.6. The fraction of sp³-hybridized carbons (Fsp3) is 0.850. The van der Waals surface area contributed by atoms with Crippen LogP contribution in [-0.2, 0) is 19.1 Å². The molecule has 0 aromatic rings. The molecule has 0 radical (unpaired) electrons. The number of carbonyl (C=O) groups is 3. The first-order valence-corrected chi connectivity index (χ1v) is 10.7. The molecule has 2 amide bonds. The molecule has 3 fully saturated rings. The third-order valence-electron chi connectivity index (χ3n) is 5.68. The Bertz CT molecular complexity index is 545.